The third-order valence-electron chi connectivity index (χ3n) is 2.50. The first-order valence-corrected chi connectivity index (χ1v) is 6.75. The lowest BCUT2D eigenvalue weighted by Crippen LogP contribution is -2.42. The van der Waals surface area contributed by atoms with E-state index in [2.05, 4.69) is 5.32 Å². The highest BCUT2D eigenvalue weighted by Crippen LogP contribution is 2.13. The summed E-state index contributed by atoms with van der Waals surface area (Å²) in [6.45, 7) is 4.52. The van der Waals surface area contributed by atoms with Crippen LogP contribution in [0.25, 0.3) is 0 Å². The van der Waals surface area contributed by atoms with Gasteiger partial charge in [0, 0.05) is 13.1 Å². The molecule has 0 aromatic carbocycles. The minimum Gasteiger partial charge on any atom is -0.480 e. The van der Waals surface area contributed by atoms with Crippen molar-refractivity contribution in [2.24, 2.45) is 0 Å². The second-order valence-corrected chi connectivity index (χ2v) is 4.80. The van der Waals surface area contributed by atoms with Crippen molar-refractivity contribution >= 4 is 23.3 Å². The van der Waals surface area contributed by atoms with Gasteiger partial charge in [0.1, 0.15) is 6.54 Å². The molecule has 0 aliphatic rings. The molecule has 0 spiro atoms. The number of amides is 2. The van der Waals surface area contributed by atoms with Crippen molar-refractivity contribution in [3.8, 4) is 0 Å². The number of thiophene rings is 1. The van der Waals surface area contributed by atoms with E-state index in [-0.39, 0.29) is 12.6 Å². The summed E-state index contributed by atoms with van der Waals surface area (Å²) in [6.07, 6.45) is 0.734. The van der Waals surface area contributed by atoms with E-state index in [0.717, 1.165) is 17.5 Å². The van der Waals surface area contributed by atoms with E-state index in [1.165, 1.54) is 4.90 Å². The van der Waals surface area contributed by atoms with Gasteiger partial charge in [-0.05, 0) is 35.2 Å². The van der Waals surface area contributed by atoms with Gasteiger partial charge in [-0.25, -0.2) is 4.79 Å². The van der Waals surface area contributed by atoms with E-state index in [0.29, 0.717) is 13.1 Å². The molecule has 2 N–H and O–H groups in total. The molecule has 0 radical (unpaired) electrons. The normalized spacial score (nSPS) is 10.1. The van der Waals surface area contributed by atoms with Crippen molar-refractivity contribution in [1.82, 2.24) is 10.2 Å². The minimum atomic E-state index is -0.995. The fourth-order valence-corrected chi connectivity index (χ4v) is 2.39. The van der Waals surface area contributed by atoms with Gasteiger partial charge >= 0.3 is 12.0 Å². The monoisotopic (exact) mass is 270 g/mol. The molecule has 1 heterocycles. The highest BCUT2D eigenvalue weighted by Gasteiger charge is 2.15. The molecule has 0 aliphatic heterocycles. The summed E-state index contributed by atoms with van der Waals surface area (Å²) in [7, 11) is 0. The average molecular weight is 270 g/mol. The average Bonchev–Trinajstić information content (AvgIpc) is 2.70. The molecule has 0 fully saturated rings. The maximum Gasteiger partial charge on any atom is 0.323 e. The van der Waals surface area contributed by atoms with Gasteiger partial charge in [0.2, 0.25) is 0 Å². The lowest BCUT2D eigenvalue weighted by atomic mass is 10.2. The van der Waals surface area contributed by atoms with E-state index in [4.69, 9.17) is 5.11 Å². The third kappa shape index (κ3) is 4.37. The molecule has 0 bridgehead atoms. The van der Waals surface area contributed by atoms with Crippen molar-refractivity contribution < 1.29 is 14.7 Å². The number of hydrogen-bond donors (Lipinski definition) is 2. The topological polar surface area (TPSA) is 69.6 Å². The zero-order valence-electron chi connectivity index (χ0n) is 10.6. The van der Waals surface area contributed by atoms with Crippen LogP contribution in [0, 0.1) is 6.92 Å². The predicted molar refractivity (Wildman–Crippen MR) is 70.8 cm³/mol. The van der Waals surface area contributed by atoms with Crippen LogP contribution in [-0.2, 0) is 11.3 Å². The van der Waals surface area contributed by atoms with Gasteiger partial charge in [0.15, 0.2) is 0 Å². The van der Waals surface area contributed by atoms with Gasteiger partial charge in [-0.2, -0.15) is 11.3 Å². The lowest BCUT2D eigenvalue weighted by Gasteiger charge is -2.20. The second-order valence-electron chi connectivity index (χ2n) is 4.05. The number of hydrogen-bond acceptors (Lipinski definition) is 3. The second kappa shape index (κ2) is 7.00. The summed E-state index contributed by atoms with van der Waals surface area (Å²) in [4.78, 5) is 23.8. The molecule has 1 rings (SSSR count). The van der Waals surface area contributed by atoms with Crippen molar-refractivity contribution in [2.75, 3.05) is 13.1 Å². The van der Waals surface area contributed by atoms with Crippen LogP contribution >= 0.6 is 11.3 Å². The lowest BCUT2D eigenvalue weighted by molar-refractivity contribution is -0.137. The Kier molecular flexibility index (Phi) is 5.64. The molecular weight excluding hydrogens is 252 g/mol. The molecule has 2 amide bonds. The number of aliphatic carboxylic acids is 1. The largest absolute Gasteiger partial charge is 0.480 e. The van der Waals surface area contributed by atoms with E-state index < -0.39 is 5.97 Å². The smallest absolute Gasteiger partial charge is 0.323 e. The Morgan fingerprint density at radius 2 is 2.17 bits per heavy atom. The van der Waals surface area contributed by atoms with Crippen LogP contribution in [-0.4, -0.2) is 35.1 Å². The molecule has 5 nitrogen and oxygen atoms in total. The number of carboxylic acids is 1. The third-order valence-corrected chi connectivity index (χ3v) is 3.41. The van der Waals surface area contributed by atoms with Crippen LogP contribution in [0.15, 0.2) is 10.8 Å². The zero-order valence-corrected chi connectivity index (χ0v) is 11.4. The Hall–Kier alpha value is -1.56. The summed E-state index contributed by atoms with van der Waals surface area (Å²) < 4.78 is 0. The van der Waals surface area contributed by atoms with E-state index in [9.17, 15) is 9.59 Å². The van der Waals surface area contributed by atoms with Crippen LogP contribution in [0.3, 0.4) is 0 Å². The molecule has 0 aliphatic carbocycles. The fraction of sp³-hybridized carbons (Fsp3) is 0.500. The van der Waals surface area contributed by atoms with Gasteiger partial charge in [-0.3, -0.25) is 4.79 Å². The molecule has 0 saturated heterocycles. The summed E-state index contributed by atoms with van der Waals surface area (Å²) in [5.41, 5.74) is 2.21. The molecule has 0 unspecified atom stereocenters. The number of rotatable bonds is 6. The SMILES string of the molecule is CCCN(CC(=O)O)C(=O)NCc1cscc1C. The Morgan fingerprint density at radius 1 is 1.44 bits per heavy atom. The molecule has 1 aromatic heterocycles. The van der Waals surface area contributed by atoms with E-state index in [1.807, 2.05) is 24.6 Å². The van der Waals surface area contributed by atoms with Gasteiger partial charge in [0.05, 0.1) is 0 Å². The van der Waals surface area contributed by atoms with Crippen LogP contribution in [0.1, 0.15) is 24.5 Å². The zero-order chi connectivity index (χ0) is 13.5. The van der Waals surface area contributed by atoms with Crippen molar-refractivity contribution in [1.29, 1.82) is 0 Å². The Bertz CT molecular complexity index is 417. The van der Waals surface area contributed by atoms with Crippen LogP contribution in [0.5, 0.6) is 0 Å². The Labute approximate surface area is 110 Å². The molecule has 18 heavy (non-hydrogen) atoms. The van der Waals surface area contributed by atoms with Gasteiger partial charge in [-0.15, -0.1) is 0 Å². The number of nitrogens with one attached hydrogen (secondary N) is 1. The van der Waals surface area contributed by atoms with E-state index in [1.54, 1.807) is 11.3 Å². The Balaban J connectivity index is 2.51. The fourth-order valence-electron chi connectivity index (χ4n) is 1.54. The Morgan fingerprint density at radius 3 is 2.67 bits per heavy atom. The highest BCUT2D eigenvalue weighted by atomic mass is 32.1. The van der Waals surface area contributed by atoms with Gasteiger partial charge in [0.25, 0.3) is 0 Å². The maximum absolute atomic E-state index is 11.8. The van der Waals surface area contributed by atoms with Crippen molar-refractivity contribution in [3.63, 3.8) is 0 Å². The molecule has 1 aromatic rings. The number of urea groups is 1. The summed E-state index contributed by atoms with van der Waals surface area (Å²) >= 11 is 1.59. The first kappa shape index (κ1) is 14.5. The van der Waals surface area contributed by atoms with E-state index >= 15 is 0 Å². The molecular formula is C12H18N2O3S. The van der Waals surface area contributed by atoms with Gasteiger partial charge < -0.3 is 15.3 Å². The summed E-state index contributed by atoms with van der Waals surface area (Å²) in [5, 5.41) is 15.5. The summed E-state index contributed by atoms with van der Waals surface area (Å²) in [6, 6.07) is -0.329. The number of carbonyl (C=O) groups excluding carboxylic acids is 1. The standard InChI is InChI=1S/C12H18N2O3S/c1-3-4-14(6-11(15)16)12(17)13-5-10-8-18-7-9(10)2/h7-8H,3-6H2,1-2H3,(H,13,17)(H,15,16). The first-order valence-electron chi connectivity index (χ1n) is 5.80. The quantitative estimate of drug-likeness (QED) is 0.831. The number of aryl methyl sites for hydroxylation is 1. The van der Waals surface area contributed by atoms with Crippen LogP contribution in [0.2, 0.25) is 0 Å². The molecule has 6 heteroatoms. The van der Waals surface area contributed by atoms with Crippen LogP contribution in [0.4, 0.5) is 4.79 Å². The number of carbonyl (C=O) groups is 2. The number of nitrogens with zero attached hydrogens (tertiary/aromatic N) is 1. The number of carboxylic acid groups (broad SMARTS) is 1. The molecule has 100 valence electrons. The minimum absolute atomic E-state index is 0.262. The first-order chi connectivity index (χ1) is 8.54. The predicted octanol–water partition coefficient (Wildman–Crippen LogP) is 2.06. The highest BCUT2D eigenvalue weighted by molar-refractivity contribution is 7.08. The van der Waals surface area contributed by atoms with Crippen molar-refractivity contribution in [2.45, 2.75) is 26.8 Å². The van der Waals surface area contributed by atoms with Crippen LogP contribution < -0.4 is 5.32 Å². The summed E-state index contributed by atoms with van der Waals surface area (Å²) in [5.74, 6) is -0.995. The van der Waals surface area contributed by atoms with Gasteiger partial charge in [-0.1, -0.05) is 6.92 Å². The maximum atomic E-state index is 11.8. The van der Waals surface area contributed by atoms with Crippen molar-refractivity contribution in [3.05, 3.63) is 21.9 Å². The molecule has 0 atom stereocenters. The molecule has 0 saturated carbocycles.